The Morgan fingerprint density at radius 2 is 1.28 bits per heavy atom. The summed E-state index contributed by atoms with van der Waals surface area (Å²) in [5, 5.41) is 0. The van der Waals surface area contributed by atoms with E-state index in [4.69, 9.17) is 9.47 Å². The van der Waals surface area contributed by atoms with Crippen LogP contribution in [0.2, 0.25) is 0 Å². The molecule has 0 amide bonds. The highest BCUT2D eigenvalue weighted by Crippen LogP contribution is 2.61. The highest BCUT2D eigenvalue weighted by molar-refractivity contribution is 5.65. The first kappa shape index (κ1) is 18.1. The highest BCUT2D eigenvalue weighted by atomic mass is 16.5. The van der Waals surface area contributed by atoms with Crippen molar-refractivity contribution in [1.82, 2.24) is 0 Å². The largest absolute Gasteiger partial charge is 0.497 e. The molecule has 0 aliphatic heterocycles. The molecule has 5 rings (SSSR count). The molecule has 0 spiro atoms. The van der Waals surface area contributed by atoms with Crippen LogP contribution in [0.25, 0.3) is 0 Å². The molecular weight excluding hydrogens is 356 g/mol. The molecule has 2 atom stereocenters. The van der Waals surface area contributed by atoms with Gasteiger partial charge in [-0.2, -0.15) is 0 Å². The zero-order chi connectivity index (χ0) is 19.8. The van der Waals surface area contributed by atoms with Crippen LogP contribution < -0.4 is 9.47 Å². The van der Waals surface area contributed by atoms with Gasteiger partial charge in [0.2, 0.25) is 0 Å². The molecule has 2 aromatic rings. The highest BCUT2D eigenvalue weighted by Gasteiger charge is 2.55. The molecular formula is C27H26O2. The van der Waals surface area contributed by atoms with Crippen molar-refractivity contribution in [1.29, 1.82) is 0 Å². The summed E-state index contributed by atoms with van der Waals surface area (Å²) in [6.07, 6.45) is 16.4. The molecule has 0 bridgehead atoms. The number of hydrogen-bond donors (Lipinski definition) is 0. The van der Waals surface area contributed by atoms with Gasteiger partial charge in [0.1, 0.15) is 11.5 Å². The molecule has 2 nitrogen and oxygen atoms in total. The Bertz CT molecular complexity index is 972. The molecule has 3 aliphatic carbocycles. The SMILES string of the molecule is COc1ccc(C2(c3ccc(OC)cc3)C3=CCCC=C3C3C=CC=CC32)cc1. The van der Waals surface area contributed by atoms with Crippen LogP contribution in [0.5, 0.6) is 11.5 Å². The molecule has 0 saturated heterocycles. The smallest absolute Gasteiger partial charge is 0.118 e. The van der Waals surface area contributed by atoms with Crippen LogP contribution in [-0.4, -0.2) is 14.2 Å². The first-order valence-electron chi connectivity index (χ1n) is 10.3. The van der Waals surface area contributed by atoms with Gasteiger partial charge >= 0.3 is 0 Å². The van der Waals surface area contributed by atoms with Crippen molar-refractivity contribution in [2.24, 2.45) is 11.8 Å². The number of hydrogen-bond acceptors (Lipinski definition) is 2. The summed E-state index contributed by atoms with van der Waals surface area (Å²) in [7, 11) is 3.44. The molecule has 3 aliphatic rings. The van der Waals surface area contributed by atoms with Gasteiger partial charge < -0.3 is 9.47 Å². The van der Waals surface area contributed by atoms with E-state index in [2.05, 4.69) is 85.0 Å². The fourth-order valence-corrected chi connectivity index (χ4v) is 5.47. The lowest BCUT2D eigenvalue weighted by atomic mass is 9.63. The van der Waals surface area contributed by atoms with Crippen molar-refractivity contribution >= 4 is 0 Å². The Labute approximate surface area is 172 Å². The molecule has 0 heterocycles. The van der Waals surface area contributed by atoms with E-state index in [1.54, 1.807) is 14.2 Å². The normalized spacial score (nSPS) is 23.7. The van der Waals surface area contributed by atoms with E-state index in [0.717, 1.165) is 24.3 Å². The topological polar surface area (TPSA) is 18.5 Å². The third-order valence-electron chi connectivity index (χ3n) is 6.70. The van der Waals surface area contributed by atoms with E-state index < -0.39 is 0 Å². The van der Waals surface area contributed by atoms with E-state index in [1.807, 2.05) is 0 Å². The Kier molecular flexibility index (Phi) is 4.43. The van der Waals surface area contributed by atoms with Gasteiger partial charge in [0.05, 0.1) is 19.6 Å². The second kappa shape index (κ2) is 7.11. The standard InChI is InChI=1S/C27H26O2/c1-28-21-15-11-19(12-16-21)27(20-13-17-22(29-2)18-14-20)25-9-5-3-7-23(25)24-8-4-6-10-26(24)27/h3,5,7-18,23,25H,4,6H2,1-2H3. The molecule has 1 saturated carbocycles. The first-order valence-corrected chi connectivity index (χ1v) is 10.3. The molecule has 0 aromatic heterocycles. The summed E-state index contributed by atoms with van der Waals surface area (Å²) < 4.78 is 10.9. The number of rotatable bonds is 4. The minimum Gasteiger partial charge on any atom is -0.497 e. The van der Waals surface area contributed by atoms with Gasteiger partial charge in [-0.15, -0.1) is 0 Å². The molecule has 1 fully saturated rings. The fourth-order valence-electron chi connectivity index (χ4n) is 5.47. The maximum absolute atomic E-state index is 5.45. The summed E-state index contributed by atoms with van der Waals surface area (Å²) in [5.41, 5.74) is 5.38. The predicted octanol–water partition coefficient (Wildman–Crippen LogP) is 6.01. The molecule has 2 aromatic carbocycles. The maximum atomic E-state index is 5.45. The lowest BCUT2D eigenvalue weighted by Gasteiger charge is -2.39. The summed E-state index contributed by atoms with van der Waals surface area (Å²) in [4.78, 5) is 0. The van der Waals surface area contributed by atoms with Crippen LogP contribution >= 0.6 is 0 Å². The molecule has 0 radical (unpaired) electrons. The monoisotopic (exact) mass is 382 g/mol. The van der Waals surface area contributed by atoms with Crippen molar-refractivity contribution in [3.8, 4) is 11.5 Å². The van der Waals surface area contributed by atoms with E-state index in [0.29, 0.717) is 11.8 Å². The number of ether oxygens (including phenoxy) is 2. The molecule has 2 heteroatoms. The van der Waals surface area contributed by atoms with E-state index in [-0.39, 0.29) is 5.41 Å². The molecule has 146 valence electrons. The molecule has 29 heavy (non-hydrogen) atoms. The third-order valence-corrected chi connectivity index (χ3v) is 6.70. The average Bonchev–Trinajstić information content (AvgIpc) is 3.11. The van der Waals surface area contributed by atoms with Gasteiger partial charge in [0.15, 0.2) is 0 Å². The van der Waals surface area contributed by atoms with Gasteiger partial charge in [0, 0.05) is 11.8 Å². The zero-order valence-electron chi connectivity index (χ0n) is 17.0. The first-order chi connectivity index (χ1) is 14.3. The lowest BCUT2D eigenvalue weighted by molar-refractivity contribution is 0.410. The molecule has 2 unspecified atom stereocenters. The van der Waals surface area contributed by atoms with Crippen molar-refractivity contribution in [2.75, 3.05) is 14.2 Å². The lowest BCUT2D eigenvalue weighted by Crippen LogP contribution is -2.35. The Balaban J connectivity index is 1.79. The van der Waals surface area contributed by atoms with Crippen molar-refractivity contribution in [3.63, 3.8) is 0 Å². The second-order valence-electron chi connectivity index (χ2n) is 7.94. The van der Waals surface area contributed by atoms with Crippen molar-refractivity contribution in [3.05, 3.63) is 107 Å². The van der Waals surface area contributed by atoms with Crippen LogP contribution in [0.1, 0.15) is 24.0 Å². The Morgan fingerprint density at radius 1 is 0.724 bits per heavy atom. The van der Waals surface area contributed by atoms with Gasteiger partial charge in [-0.1, -0.05) is 60.7 Å². The molecule has 0 N–H and O–H groups in total. The van der Waals surface area contributed by atoms with Crippen molar-refractivity contribution in [2.45, 2.75) is 18.3 Å². The van der Waals surface area contributed by atoms with E-state index in [9.17, 15) is 0 Å². The van der Waals surface area contributed by atoms with Gasteiger partial charge in [-0.05, 0) is 59.4 Å². The minimum absolute atomic E-state index is 0.212. The van der Waals surface area contributed by atoms with Gasteiger partial charge in [-0.25, -0.2) is 0 Å². The summed E-state index contributed by atoms with van der Waals surface area (Å²) in [6, 6.07) is 17.3. The summed E-state index contributed by atoms with van der Waals surface area (Å²) in [6.45, 7) is 0. The number of benzene rings is 2. The van der Waals surface area contributed by atoms with Crippen LogP contribution in [0, 0.1) is 11.8 Å². The summed E-state index contributed by atoms with van der Waals surface area (Å²) >= 11 is 0. The van der Waals surface area contributed by atoms with E-state index >= 15 is 0 Å². The second-order valence-corrected chi connectivity index (χ2v) is 7.94. The van der Waals surface area contributed by atoms with Crippen molar-refractivity contribution < 1.29 is 9.47 Å². The number of methoxy groups -OCH3 is 2. The minimum atomic E-state index is -0.212. The van der Waals surface area contributed by atoms with Crippen LogP contribution in [-0.2, 0) is 5.41 Å². The van der Waals surface area contributed by atoms with Gasteiger partial charge in [0.25, 0.3) is 0 Å². The maximum Gasteiger partial charge on any atom is 0.118 e. The Hall–Kier alpha value is -3.00. The third kappa shape index (κ3) is 2.62. The van der Waals surface area contributed by atoms with Gasteiger partial charge in [-0.3, -0.25) is 0 Å². The van der Waals surface area contributed by atoms with Crippen LogP contribution in [0.15, 0.2) is 96.1 Å². The Morgan fingerprint density at radius 3 is 1.86 bits per heavy atom. The average molecular weight is 383 g/mol. The number of allylic oxidation sites excluding steroid dienone is 8. The zero-order valence-corrected chi connectivity index (χ0v) is 17.0. The van der Waals surface area contributed by atoms with E-state index in [1.165, 1.54) is 22.3 Å². The van der Waals surface area contributed by atoms with Crippen LogP contribution in [0.4, 0.5) is 0 Å². The predicted molar refractivity (Wildman–Crippen MR) is 117 cm³/mol. The van der Waals surface area contributed by atoms with Crippen LogP contribution in [0.3, 0.4) is 0 Å². The summed E-state index contributed by atoms with van der Waals surface area (Å²) in [5.74, 6) is 2.54. The quantitative estimate of drug-likeness (QED) is 0.645. The number of fused-ring (bicyclic) bond motifs is 3. The fraction of sp³-hybridized carbons (Fsp3) is 0.259.